The standard InChI is InChI=1S/C14H13N3O2/c15-11-12-4-1-5-13(10-12)19-9-3-8-17-14(18)6-2-7-16-17/h1-2,4-7,10H,3,8-9H2. The lowest BCUT2D eigenvalue weighted by Gasteiger charge is -2.07. The molecule has 1 aromatic carbocycles. The minimum absolute atomic E-state index is 0.117. The zero-order valence-corrected chi connectivity index (χ0v) is 10.3. The van der Waals surface area contributed by atoms with E-state index < -0.39 is 0 Å². The Kier molecular flexibility index (Phi) is 4.29. The number of ether oxygens (including phenoxy) is 1. The van der Waals surface area contributed by atoms with E-state index in [4.69, 9.17) is 10.00 Å². The second-order valence-corrected chi connectivity index (χ2v) is 3.93. The van der Waals surface area contributed by atoms with Gasteiger partial charge in [0.15, 0.2) is 0 Å². The highest BCUT2D eigenvalue weighted by molar-refractivity contribution is 5.36. The molecule has 0 unspecified atom stereocenters. The van der Waals surface area contributed by atoms with Gasteiger partial charge in [-0.15, -0.1) is 0 Å². The Morgan fingerprint density at radius 1 is 1.32 bits per heavy atom. The molecule has 0 spiro atoms. The van der Waals surface area contributed by atoms with Gasteiger partial charge in [-0.3, -0.25) is 4.79 Å². The summed E-state index contributed by atoms with van der Waals surface area (Å²) in [6.45, 7) is 0.982. The molecule has 2 aromatic rings. The number of aryl methyl sites for hydroxylation is 1. The lowest BCUT2D eigenvalue weighted by molar-refractivity contribution is 0.297. The molecule has 5 nitrogen and oxygen atoms in total. The second kappa shape index (κ2) is 6.36. The van der Waals surface area contributed by atoms with Crippen LogP contribution < -0.4 is 10.3 Å². The molecule has 0 N–H and O–H groups in total. The Morgan fingerprint density at radius 3 is 3.00 bits per heavy atom. The number of nitriles is 1. The lowest BCUT2D eigenvalue weighted by Crippen LogP contribution is -2.22. The van der Waals surface area contributed by atoms with Gasteiger partial charge in [0.05, 0.1) is 18.2 Å². The highest BCUT2D eigenvalue weighted by Crippen LogP contribution is 2.12. The molecule has 19 heavy (non-hydrogen) atoms. The molecule has 0 saturated heterocycles. The molecule has 1 heterocycles. The quantitative estimate of drug-likeness (QED) is 0.761. The van der Waals surface area contributed by atoms with Crippen molar-refractivity contribution in [1.29, 1.82) is 5.26 Å². The third kappa shape index (κ3) is 3.68. The monoisotopic (exact) mass is 255 g/mol. The van der Waals surface area contributed by atoms with E-state index in [0.29, 0.717) is 30.9 Å². The van der Waals surface area contributed by atoms with Crippen LogP contribution in [0.3, 0.4) is 0 Å². The van der Waals surface area contributed by atoms with Crippen LogP contribution >= 0.6 is 0 Å². The maximum absolute atomic E-state index is 11.4. The summed E-state index contributed by atoms with van der Waals surface area (Å²) in [6, 6.07) is 12.1. The van der Waals surface area contributed by atoms with Crippen LogP contribution in [0, 0.1) is 11.3 Å². The van der Waals surface area contributed by atoms with Crippen LogP contribution in [0.15, 0.2) is 47.4 Å². The fourth-order valence-corrected chi connectivity index (χ4v) is 1.61. The molecule has 0 fully saturated rings. The van der Waals surface area contributed by atoms with Crippen LogP contribution in [0.2, 0.25) is 0 Å². The molecule has 0 aliphatic rings. The fraction of sp³-hybridized carbons (Fsp3) is 0.214. The van der Waals surface area contributed by atoms with Gasteiger partial charge in [0.25, 0.3) is 5.56 Å². The van der Waals surface area contributed by atoms with E-state index >= 15 is 0 Å². The number of benzene rings is 1. The minimum atomic E-state index is -0.117. The van der Waals surface area contributed by atoms with Gasteiger partial charge in [0.2, 0.25) is 0 Å². The molecule has 2 rings (SSSR count). The van der Waals surface area contributed by atoms with Crippen molar-refractivity contribution in [1.82, 2.24) is 9.78 Å². The molecule has 1 aromatic heterocycles. The van der Waals surface area contributed by atoms with E-state index in [-0.39, 0.29) is 5.56 Å². The molecule has 0 aliphatic heterocycles. The molecule has 0 radical (unpaired) electrons. The van der Waals surface area contributed by atoms with Gasteiger partial charge >= 0.3 is 0 Å². The first-order valence-corrected chi connectivity index (χ1v) is 5.95. The van der Waals surface area contributed by atoms with Crippen LogP contribution in [-0.2, 0) is 6.54 Å². The third-order valence-electron chi connectivity index (χ3n) is 2.53. The van der Waals surface area contributed by atoms with Gasteiger partial charge in [-0.1, -0.05) is 6.07 Å². The van der Waals surface area contributed by atoms with E-state index in [0.717, 1.165) is 0 Å². The SMILES string of the molecule is N#Cc1cccc(OCCCn2ncccc2=O)c1. The summed E-state index contributed by atoms with van der Waals surface area (Å²) < 4.78 is 6.91. The smallest absolute Gasteiger partial charge is 0.266 e. The predicted octanol–water partition coefficient (Wildman–Crippen LogP) is 1.58. The van der Waals surface area contributed by atoms with Crippen LogP contribution in [0.25, 0.3) is 0 Å². The van der Waals surface area contributed by atoms with E-state index in [1.54, 1.807) is 36.5 Å². The van der Waals surface area contributed by atoms with E-state index in [2.05, 4.69) is 11.2 Å². The molecule has 0 aliphatic carbocycles. The van der Waals surface area contributed by atoms with Crippen molar-refractivity contribution in [3.8, 4) is 11.8 Å². The molecule has 96 valence electrons. The van der Waals surface area contributed by atoms with Gasteiger partial charge in [0.1, 0.15) is 5.75 Å². The van der Waals surface area contributed by atoms with Crippen molar-refractivity contribution in [2.75, 3.05) is 6.61 Å². The number of hydrogen-bond acceptors (Lipinski definition) is 4. The number of hydrogen-bond donors (Lipinski definition) is 0. The summed E-state index contributed by atoms with van der Waals surface area (Å²) in [6.07, 6.45) is 2.26. The fourth-order valence-electron chi connectivity index (χ4n) is 1.61. The van der Waals surface area contributed by atoms with Crippen molar-refractivity contribution < 1.29 is 4.74 Å². The minimum Gasteiger partial charge on any atom is -0.493 e. The Hall–Kier alpha value is -2.61. The van der Waals surface area contributed by atoms with Gasteiger partial charge < -0.3 is 4.74 Å². The molecular weight excluding hydrogens is 242 g/mol. The zero-order chi connectivity index (χ0) is 13.5. The van der Waals surface area contributed by atoms with Gasteiger partial charge in [-0.2, -0.15) is 10.4 Å². The first-order chi connectivity index (χ1) is 9.29. The summed E-state index contributed by atoms with van der Waals surface area (Å²) in [5.41, 5.74) is 0.451. The molecule has 0 atom stereocenters. The summed E-state index contributed by atoms with van der Waals surface area (Å²) >= 11 is 0. The Labute approximate surface area is 110 Å². The Balaban J connectivity index is 1.83. The van der Waals surface area contributed by atoms with Crippen molar-refractivity contribution in [2.45, 2.75) is 13.0 Å². The zero-order valence-electron chi connectivity index (χ0n) is 10.3. The van der Waals surface area contributed by atoms with Crippen molar-refractivity contribution in [3.63, 3.8) is 0 Å². The van der Waals surface area contributed by atoms with Crippen molar-refractivity contribution in [2.24, 2.45) is 0 Å². The largest absolute Gasteiger partial charge is 0.493 e. The maximum Gasteiger partial charge on any atom is 0.266 e. The Bertz CT molecular complexity index is 643. The van der Waals surface area contributed by atoms with Crippen LogP contribution in [0.4, 0.5) is 0 Å². The topological polar surface area (TPSA) is 67.9 Å². The Morgan fingerprint density at radius 2 is 2.21 bits per heavy atom. The normalized spacial score (nSPS) is 9.84. The molecule has 5 heteroatoms. The maximum atomic E-state index is 11.4. The van der Waals surface area contributed by atoms with Crippen molar-refractivity contribution >= 4 is 0 Å². The average molecular weight is 255 g/mol. The second-order valence-electron chi connectivity index (χ2n) is 3.93. The summed E-state index contributed by atoms with van der Waals surface area (Å²) in [5, 5.41) is 12.7. The molecule has 0 amide bonds. The predicted molar refractivity (Wildman–Crippen MR) is 69.8 cm³/mol. The van der Waals surface area contributed by atoms with Crippen molar-refractivity contribution in [3.05, 3.63) is 58.5 Å². The molecule has 0 saturated carbocycles. The number of nitrogens with zero attached hydrogens (tertiary/aromatic N) is 3. The highest BCUT2D eigenvalue weighted by Gasteiger charge is 1.98. The van der Waals surface area contributed by atoms with Gasteiger partial charge in [-0.05, 0) is 24.3 Å². The average Bonchev–Trinajstić information content (AvgIpc) is 2.45. The number of aromatic nitrogens is 2. The number of rotatable bonds is 5. The van der Waals surface area contributed by atoms with Crippen LogP contribution in [-0.4, -0.2) is 16.4 Å². The van der Waals surface area contributed by atoms with Gasteiger partial charge in [0, 0.05) is 25.2 Å². The summed E-state index contributed by atoms with van der Waals surface area (Å²) in [5.74, 6) is 0.660. The van der Waals surface area contributed by atoms with E-state index in [1.165, 1.54) is 10.7 Å². The van der Waals surface area contributed by atoms with E-state index in [1.807, 2.05) is 0 Å². The first-order valence-electron chi connectivity index (χ1n) is 5.95. The van der Waals surface area contributed by atoms with Gasteiger partial charge in [-0.25, -0.2) is 4.68 Å². The van der Waals surface area contributed by atoms with E-state index in [9.17, 15) is 4.79 Å². The molecular formula is C14H13N3O2. The summed E-state index contributed by atoms with van der Waals surface area (Å²) in [4.78, 5) is 11.4. The first kappa shape index (κ1) is 12.8. The molecule has 0 bridgehead atoms. The summed E-state index contributed by atoms with van der Waals surface area (Å²) in [7, 11) is 0. The van der Waals surface area contributed by atoms with Crippen LogP contribution in [0.5, 0.6) is 5.75 Å². The van der Waals surface area contributed by atoms with Crippen LogP contribution in [0.1, 0.15) is 12.0 Å². The third-order valence-corrected chi connectivity index (χ3v) is 2.53. The lowest BCUT2D eigenvalue weighted by atomic mass is 10.2. The highest BCUT2D eigenvalue weighted by atomic mass is 16.5.